The zero-order valence-electron chi connectivity index (χ0n) is 11.9. The summed E-state index contributed by atoms with van der Waals surface area (Å²) in [7, 11) is 0. The monoisotopic (exact) mass is 253 g/mol. The maximum atomic E-state index is 3.56. The molecule has 0 aliphatic carbocycles. The highest BCUT2D eigenvalue weighted by atomic mass is 14.9. The maximum Gasteiger partial charge on any atom is 0.0291 e. The van der Waals surface area contributed by atoms with Crippen molar-refractivity contribution in [3.63, 3.8) is 0 Å². The minimum absolute atomic E-state index is 0.427. The SMILES string of the molecule is CCCCNC(C)c1ccc(-c2ccccc2)cc1. The molecule has 2 rings (SSSR count). The van der Waals surface area contributed by atoms with Gasteiger partial charge in [-0.05, 0) is 36.6 Å². The molecule has 1 atom stereocenters. The van der Waals surface area contributed by atoms with E-state index in [0.29, 0.717) is 6.04 Å². The van der Waals surface area contributed by atoms with Crippen LogP contribution in [0.1, 0.15) is 38.3 Å². The van der Waals surface area contributed by atoms with Crippen molar-refractivity contribution in [2.75, 3.05) is 6.54 Å². The van der Waals surface area contributed by atoms with Crippen molar-refractivity contribution in [3.05, 3.63) is 60.2 Å². The molecule has 0 aliphatic heterocycles. The second-order valence-corrected chi connectivity index (χ2v) is 5.02. The van der Waals surface area contributed by atoms with Crippen LogP contribution >= 0.6 is 0 Å². The molecule has 0 spiro atoms. The van der Waals surface area contributed by atoms with Crippen molar-refractivity contribution >= 4 is 0 Å². The lowest BCUT2D eigenvalue weighted by Gasteiger charge is -2.14. The van der Waals surface area contributed by atoms with E-state index >= 15 is 0 Å². The van der Waals surface area contributed by atoms with E-state index in [1.54, 1.807) is 0 Å². The van der Waals surface area contributed by atoms with Crippen LogP contribution in [0.5, 0.6) is 0 Å². The molecular formula is C18H23N. The van der Waals surface area contributed by atoms with E-state index in [9.17, 15) is 0 Å². The van der Waals surface area contributed by atoms with Crippen LogP contribution in [0.2, 0.25) is 0 Å². The first kappa shape index (κ1) is 13.8. The van der Waals surface area contributed by atoms with Crippen LogP contribution in [0.3, 0.4) is 0 Å². The summed E-state index contributed by atoms with van der Waals surface area (Å²) in [4.78, 5) is 0. The molecule has 0 fully saturated rings. The van der Waals surface area contributed by atoms with Crippen molar-refractivity contribution in [2.24, 2.45) is 0 Å². The summed E-state index contributed by atoms with van der Waals surface area (Å²) in [6.07, 6.45) is 2.49. The third-order valence-corrected chi connectivity index (χ3v) is 3.50. The standard InChI is InChI=1S/C18H23N/c1-3-4-14-19-15(2)16-10-12-18(13-11-16)17-8-6-5-7-9-17/h5-13,15,19H,3-4,14H2,1-2H3. The molecule has 0 saturated carbocycles. The Morgan fingerprint density at radius 1 is 0.895 bits per heavy atom. The van der Waals surface area contributed by atoms with E-state index in [1.807, 2.05) is 0 Å². The quantitative estimate of drug-likeness (QED) is 0.729. The van der Waals surface area contributed by atoms with Crippen LogP contribution in [0.25, 0.3) is 11.1 Å². The molecule has 2 aromatic rings. The van der Waals surface area contributed by atoms with Crippen molar-refractivity contribution < 1.29 is 0 Å². The molecule has 0 heterocycles. The number of unbranched alkanes of at least 4 members (excludes halogenated alkanes) is 1. The third-order valence-electron chi connectivity index (χ3n) is 3.50. The van der Waals surface area contributed by atoms with Crippen LogP contribution in [0.15, 0.2) is 54.6 Å². The molecule has 19 heavy (non-hydrogen) atoms. The fraction of sp³-hybridized carbons (Fsp3) is 0.333. The van der Waals surface area contributed by atoms with Gasteiger partial charge < -0.3 is 5.32 Å². The number of rotatable bonds is 6. The Morgan fingerprint density at radius 3 is 2.16 bits per heavy atom. The molecule has 0 aliphatic rings. The van der Waals surface area contributed by atoms with E-state index in [4.69, 9.17) is 0 Å². The van der Waals surface area contributed by atoms with Crippen LogP contribution in [0, 0.1) is 0 Å². The van der Waals surface area contributed by atoms with Crippen molar-refractivity contribution in [3.8, 4) is 11.1 Å². The van der Waals surface area contributed by atoms with Crippen LogP contribution < -0.4 is 5.32 Å². The molecule has 100 valence electrons. The summed E-state index contributed by atoms with van der Waals surface area (Å²) in [6.45, 7) is 5.55. The topological polar surface area (TPSA) is 12.0 Å². The minimum Gasteiger partial charge on any atom is -0.310 e. The third kappa shape index (κ3) is 3.93. The Balaban J connectivity index is 2.02. The highest BCUT2D eigenvalue weighted by Crippen LogP contribution is 2.21. The smallest absolute Gasteiger partial charge is 0.0291 e. The number of nitrogens with one attached hydrogen (secondary N) is 1. The normalized spacial score (nSPS) is 12.3. The van der Waals surface area contributed by atoms with Crippen molar-refractivity contribution in [1.29, 1.82) is 0 Å². The maximum absolute atomic E-state index is 3.56. The lowest BCUT2D eigenvalue weighted by molar-refractivity contribution is 0.554. The van der Waals surface area contributed by atoms with Gasteiger partial charge in [0.05, 0.1) is 0 Å². The average Bonchev–Trinajstić information content (AvgIpc) is 2.48. The van der Waals surface area contributed by atoms with E-state index in [-0.39, 0.29) is 0 Å². The fourth-order valence-electron chi connectivity index (χ4n) is 2.21. The molecule has 2 aromatic carbocycles. The number of hydrogen-bond donors (Lipinski definition) is 1. The van der Waals surface area contributed by atoms with Gasteiger partial charge in [-0.15, -0.1) is 0 Å². The molecule has 0 amide bonds. The Morgan fingerprint density at radius 2 is 1.53 bits per heavy atom. The second kappa shape index (κ2) is 7.10. The lowest BCUT2D eigenvalue weighted by atomic mass is 10.0. The zero-order valence-corrected chi connectivity index (χ0v) is 11.9. The first-order chi connectivity index (χ1) is 9.31. The van der Waals surface area contributed by atoms with E-state index in [0.717, 1.165) is 6.54 Å². The van der Waals surface area contributed by atoms with Gasteiger partial charge in [0, 0.05) is 6.04 Å². The largest absolute Gasteiger partial charge is 0.310 e. The predicted octanol–water partition coefficient (Wildman–Crippen LogP) is 4.80. The van der Waals surface area contributed by atoms with E-state index in [1.165, 1.54) is 29.5 Å². The van der Waals surface area contributed by atoms with E-state index in [2.05, 4.69) is 73.8 Å². The fourth-order valence-corrected chi connectivity index (χ4v) is 2.21. The Kier molecular flexibility index (Phi) is 5.17. The summed E-state index contributed by atoms with van der Waals surface area (Å²) in [5, 5.41) is 3.56. The molecule has 0 saturated heterocycles. The van der Waals surface area contributed by atoms with Crippen LogP contribution in [-0.4, -0.2) is 6.54 Å². The zero-order chi connectivity index (χ0) is 13.5. The van der Waals surface area contributed by atoms with Crippen LogP contribution in [0.4, 0.5) is 0 Å². The highest BCUT2D eigenvalue weighted by molar-refractivity contribution is 5.63. The number of benzene rings is 2. The van der Waals surface area contributed by atoms with Crippen molar-refractivity contribution in [1.82, 2.24) is 5.32 Å². The summed E-state index contributed by atoms with van der Waals surface area (Å²) in [5.41, 5.74) is 3.92. The van der Waals surface area contributed by atoms with E-state index < -0.39 is 0 Å². The summed E-state index contributed by atoms with van der Waals surface area (Å²) in [6, 6.07) is 19.8. The van der Waals surface area contributed by atoms with Gasteiger partial charge in [-0.1, -0.05) is 67.9 Å². The van der Waals surface area contributed by atoms with Gasteiger partial charge in [-0.3, -0.25) is 0 Å². The predicted molar refractivity (Wildman–Crippen MR) is 83.2 cm³/mol. The number of hydrogen-bond acceptors (Lipinski definition) is 1. The molecule has 1 heteroatoms. The molecule has 1 N–H and O–H groups in total. The lowest BCUT2D eigenvalue weighted by Crippen LogP contribution is -2.19. The highest BCUT2D eigenvalue weighted by Gasteiger charge is 2.04. The van der Waals surface area contributed by atoms with Gasteiger partial charge in [0.15, 0.2) is 0 Å². The molecular weight excluding hydrogens is 230 g/mol. The Labute approximate surface area is 116 Å². The van der Waals surface area contributed by atoms with Gasteiger partial charge in [0.1, 0.15) is 0 Å². The van der Waals surface area contributed by atoms with Crippen molar-refractivity contribution in [2.45, 2.75) is 32.7 Å². The van der Waals surface area contributed by atoms with Gasteiger partial charge >= 0.3 is 0 Å². The summed E-state index contributed by atoms with van der Waals surface area (Å²) >= 11 is 0. The molecule has 0 bridgehead atoms. The molecule has 0 radical (unpaired) electrons. The molecule has 1 nitrogen and oxygen atoms in total. The molecule has 0 aromatic heterocycles. The minimum atomic E-state index is 0.427. The first-order valence-corrected chi connectivity index (χ1v) is 7.20. The summed E-state index contributed by atoms with van der Waals surface area (Å²) in [5.74, 6) is 0. The van der Waals surface area contributed by atoms with Gasteiger partial charge in [-0.25, -0.2) is 0 Å². The summed E-state index contributed by atoms with van der Waals surface area (Å²) < 4.78 is 0. The molecule has 1 unspecified atom stereocenters. The first-order valence-electron chi connectivity index (χ1n) is 7.20. The van der Waals surface area contributed by atoms with Crippen LogP contribution in [-0.2, 0) is 0 Å². The average molecular weight is 253 g/mol. The van der Waals surface area contributed by atoms with Gasteiger partial charge in [-0.2, -0.15) is 0 Å². The van der Waals surface area contributed by atoms with Gasteiger partial charge in [0.25, 0.3) is 0 Å². The Hall–Kier alpha value is -1.60. The Bertz CT molecular complexity index is 473. The second-order valence-electron chi connectivity index (χ2n) is 5.02. The van der Waals surface area contributed by atoms with Gasteiger partial charge in [0.2, 0.25) is 0 Å².